The van der Waals surface area contributed by atoms with E-state index in [1.54, 1.807) is 17.1 Å². The molecular formula is C20H17N5OS. The molecule has 0 saturated carbocycles. The second-order valence-corrected chi connectivity index (χ2v) is 7.29. The molecule has 6 nitrogen and oxygen atoms in total. The lowest BCUT2D eigenvalue weighted by molar-refractivity contribution is 0.102. The summed E-state index contributed by atoms with van der Waals surface area (Å²) >= 11 is 1.43. The highest BCUT2D eigenvalue weighted by Gasteiger charge is 2.17. The van der Waals surface area contributed by atoms with Gasteiger partial charge in [0.25, 0.3) is 5.91 Å². The van der Waals surface area contributed by atoms with Crippen molar-refractivity contribution in [3.8, 4) is 17.1 Å². The lowest BCUT2D eigenvalue weighted by Crippen LogP contribution is -2.15. The van der Waals surface area contributed by atoms with Gasteiger partial charge in [-0.1, -0.05) is 24.3 Å². The molecule has 0 bridgehead atoms. The van der Waals surface area contributed by atoms with Gasteiger partial charge in [-0.25, -0.2) is 9.97 Å². The van der Waals surface area contributed by atoms with Crippen molar-refractivity contribution >= 4 is 22.4 Å². The van der Waals surface area contributed by atoms with Crippen LogP contribution >= 0.6 is 11.3 Å². The normalized spacial score (nSPS) is 10.7. The van der Waals surface area contributed by atoms with E-state index >= 15 is 0 Å². The van der Waals surface area contributed by atoms with Crippen molar-refractivity contribution in [2.24, 2.45) is 0 Å². The molecule has 0 unspecified atom stereocenters. The van der Waals surface area contributed by atoms with E-state index in [0.29, 0.717) is 10.8 Å². The number of aryl methyl sites for hydroxylation is 2. The van der Waals surface area contributed by atoms with E-state index in [1.165, 1.54) is 11.3 Å². The van der Waals surface area contributed by atoms with Crippen molar-refractivity contribution in [1.29, 1.82) is 0 Å². The van der Waals surface area contributed by atoms with Crippen molar-refractivity contribution in [2.75, 3.05) is 5.32 Å². The number of aromatic nitrogens is 4. The van der Waals surface area contributed by atoms with Crippen molar-refractivity contribution in [2.45, 2.75) is 13.8 Å². The number of nitrogens with one attached hydrogen (secondary N) is 1. The quantitative estimate of drug-likeness (QED) is 0.578. The van der Waals surface area contributed by atoms with E-state index in [2.05, 4.69) is 20.3 Å². The van der Waals surface area contributed by atoms with Gasteiger partial charge in [0.15, 0.2) is 5.13 Å². The number of hydrogen-bond donors (Lipinski definition) is 1. The Balaban J connectivity index is 1.59. The van der Waals surface area contributed by atoms with Gasteiger partial charge in [-0.3, -0.25) is 19.7 Å². The smallest absolute Gasteiger partial charge is 0.276 e. The summed E-state index contributed by atoms with van der Waals surface area (Å²) in [5, 5.41) is 3.41. The monoisotopic (exact) mass is 375 g/mol. The lowest BCUT2D eigenvalue weighted by atomic mass is 10.2. The van der Waals surface area contributed by atoms with Gasteiger partial charge in [0.2, 0.25) is 0 Å². The van der Waals surface area contributed by atoms with Crippen molar-refractivity contribution in [3.05, 3.63) is 77.3 Å². The Labute approximate surface area is 160 Å². The van der Waals surface area contributed by atoms with Crippen LogP contribution < -0.4 is 5.32 Å². The zero-order valence-electron chi connectivity index (χ0n) is 14.9. The summed E-state index contributed by atoms with van der Waals surface area (Å²) in [7, 11) is 0. The predicted octanol–water partition coefficient (Wildman–Crippen LogP) is 4.26. The molecular weight excluding hydrogens is 358 g/mol. The van der Waals surface area contributed by atoms with E-state index in [0.717, 1.165) is 27.5 Å². The van der Waals surface area contributed by atoms with Gasteiger partial charge in [0, 0.05) is 16.8 Å². The van der Waals surface area contributed by atoms with Crippen LogP contribution in [0.3, 0.4) is 0 Å². The lowest BCUT2D eigenvalue weighted by Gasteiger charge is -2.07. The molecule has 0 radical (unpaired) electrons. The summed E-state index contributed by atoms with van der Waals surface area (Å²) in [5.74, 6) is -0.256. The Hall–Kier alpha value is -3.32. The average Bonchev–Trinajstić information content (AvgIpc) is 3.30. The molecule has 1 aromatic carbocycles. The number of anilines is 1. The van der Waals surface area contributed by atoms with Crippen LogP contribution in [0.4, 0.5) is 5.13 Å². The molecule has 4 aromatic rings. The molecule has 0 atom stereocenters. The van der Waals surface area contributed by atoms with Gasteiger partial charge < -0.3 is 0 Å². The molecule has 1 N–H and O–H groups in total. The van der Waals surface area contributed by atoms with Gasteiger partial charge >= 0.3 is 0 Å². The second kappa shape index (κ2) is 7.13. The highest BCUT2D eigenvalue weighted by Crippen LogP contribution is 2.29. The summed E-state index contributed by atoms with van der Waals surface area (Å²) in [4.78, 5) is 26.8. The van der Waals surface area contributed by atoms with Crippen molar-refractivity contribution in [3.63, 3.8) is 0 Å². The summed E-state index contributed by atoms with van der Waals surface area (Å²) in [6, 6.07) is 13.6. The molecule has 1 amide bonds. The highest BCUT2D eigenvalue weighted by atomic mass is 32.1. The Kier molecular flexibility index (Phi) is 4.52. The molecule has 0 saturated heterocycles. The number of hydrogen-bond acceptors (Lipinski definition) is 5. The number of imidazole rings is 1. The number of carbonyl (C=O) groups excluding carboxylic acids is 1. The Morgan fingerprint density at radius 3 is 2.63 bits per heavy atom. The van der Waals surface area contributed by atoms with Crippen LogP contribution in [-0.2, 0) is 0 Å². The fourth-order valence-electron chi connectivity index (χ4n) is 2.71. The number of thiazole rings is 1. The molecule has 3 heterocycles. The molecule has 0 aliphatic carbocycles. The fraction of sp³-hybridized carbons (Fsp3) is 0.100. The van der Waals surface area contributed by atoms with Crippen LogP contribution in [0.5, 0.6) is 0 Å². The first-order chi connectivity index (χ1) is 13.1. The Morgan fingerprint density at radius 1 is 1.07 bits per heavy atom. The molecule has 0 aliphatic heterocycles. The number of benzene rings is 1. The molecule has 0 fully saturated rings. The molecule has 7 heteroatoms. The van der Waals surface area contributed by atoms with E-state index in [9.17, 15) is 4.79 Å². The summed E-state index contributed by atoms with van der Waals surface area (Å²) in [6.45, 7) is 3.96. The number of para-hydroxylation sites is 1. The zero-order valence-corrected chi connectivity index (χ0v) is 15.7. The van der Waals surface area contributed by atoms with Gasteiger partial charge in [-0.15, -0.1) is 11.3 Å². The van der Waals surface area contributed by atoms with Gasteiger partial charge in [0.1, 0.15) is 11.4 Å². The summed E-state index contributed by atoms with van der Waals surface area (Å²) in [5.41, 5.74) is 3.99. The van der Waals surface area contributed by atoms with E-state index in [1.807, 2.05) is 62.5 Å². The van der Waals surface area contributed by atoms with Crippen LogP contribution in [0.15, 0.2) is 61.2 Å². The first-order valence-corrected chi connectivity index (χ1v) is 9.23. The first-order valence-electron chi connectivity index (χ1n) is 8.41. The number of pyridine rings is 1. The topological polar surface area (TPSA) is 72.7 Å². The third-order valence-electron chi connectivity index (χ3n) is 4.08. The van der Waals surface area contributed by atoms with Crippen LogP contribution in [-0.4, -0.2) is 25.4 Å². The third kappa shape index (κ3) is 3.50. The largest absolute Gasteiger partial charge is 0.296 e. The number of nitrogens with zero attached hydrogens (tertiary/aromatic N) is 4. The van der Waals surface area contributed by atoms with E-state index < -0.39 is 0 Å². The second-order valence-electron chi connectivity index (χ2n) is 6.08. The standard InChI is InChI=1S/C20H17N5OS/c1-13-8-9-16(22-10-13)18-14(2)27-20(23-18)24-19(26)17-11-21-12-25(17)15-6-4-3-5-7-15/h3-12H,1-2H3,(H,23,24,26). The summed E-state index contributed by atoms with van der Waals surface area (Å²) in [6.07, 6.45) is 4.98. The minimum absolute atomic E-state index is 0.256. The van der Waals surface area contributed by atoms with Gasteiger partial charge in [-0.2, -0.15) is 0 Å². The molecule has 4 rings (SSSR count). The van der Waals surface area contributed by atoms with Crippen molar-refractivity contribution < 1.29 is 4.79 Å². The average molecular weight is 375 g/mol. The summed E-state index contributed by atoms with van der Waals surface area (Å²) < 4.78 is 1.75. The molecule has 3 aromatic heterocycles. The Bertz CT molecular complexity index is 1080. The SMILES string of the molecule is Cc1ccc(-c2nc(NC(=O)c3cncn3-c3ccccc3)sc2C)nc1. The highest BCUT2D eigenvalue weighted by molar-refractivity contribution is 7.16. The fourth-order valence-corrected chi connectivity index (χ4v) is 3.53. The maximum Gasteiger partial charge on any atom is 0.276 e. The van der Waals surface area contributed by atoms with Crippen molar-refractivity contribution in [1.82, 2.24) is 19.5 Å². The predicted molar refractivity (Wildman–Crippen MR) is 106 cm³/mol. The van der Waals surface area contributed by atoms with E-state index in [-0.39, 0.29) is 5.91 Å². The minimum atomic E-state index is -0.256. The Morgan fingerprint density at radius 2 is 1.89 bits per heavy atom. The van der Waals surface area contributed by atoms with Crippen LogP contribution in [0.2, 0.25) is 0 Å². The van der Waals surface area contributed by atoms with Crippen LogP contribution in [0, 0.1) is 13.8 Å². The zero-order chi connectivity index (χ0) is 18.8. The molecule has 0 aliphatic rings. The van der Waals surface area contributed by atoms with Gasteiger partial charge in [0.05, 0.1) is 18.2 Å². The van der Waals surface area contributed by atoms with Gasteiger partial charge in [-0.05, 0) is 37.6 Å². The number of rotatable bonds is 4. The first kappa shape index (κ1) is 17.1. The van der Waals surface area contributed by atoms with E-state index in [4.69, 9.17) is 0 Å². The third-order valence-corrected chi connectivity index (χ3v) is 4.96. The molecule has 0 spiro atoms. The number of amides is 1. The number of carbonyl (C=O) groups is 1. The van der Waals surface area contributed by atoms with Crippen LogP contribution in [0.25, 0.3) is 17.1 Å². The minimum Gasteiger partial charge on any atom is -0.296 e. The molecule has 27 heavy (non-hydrogen) atoms. The maximum atomic E-state index is 12.8. The molecule has 134 valence electrons. The maximum absolute atomic E-state index is 12.8. The van der Waals surface area contributed by atoms with Crippen LogP contribution in [0.1, 0.15) is 20.9 Å².